The van der Waals surface area contributed by atoms with Crippen molar-refractivity contribution in [2.24, 2.45) is 0 Å². The second-order valence-electron chi connectivity index (χ2n) is 3.69. The van der Waals surface area contributed by atoms with E-state index in [2.05, 4.69) is 24.3 Å². The molecule has 1 atom stereocenters. The van der Waals surface area contributed by atoms with Gasteiger partial charge in [0.1, 0.15) is 0 Å². The highest BCUT2D eigenvalue weighted by molar-refractivity contribution is 8.16. The molecule has 0 radical (unpaired) electrons. The first-order chi connectivity index (χ1) is 8.22. The van der Waals surface area contributed by atoms with Crippen LogP contribution in [-0.4, -0.2) is 16.7 Å². The molecule has 2 rings (SSSR count). The van der Waals surface area contributed by atoms with Crippen LogP contribution in [0.2, 0.25) is 0 Å². The zero-order valence-electron chi connectivity index (χ0n) is 9.84. The Labute approximate surface area is 108 Å². The summed E-state index contributed by atoms with van der Waals surface area (Å²) < 4.78 is 12.4. The van der Waals surface area contributed by atoms with Crippen molar-refractivity contribution in [3.05, 3.63) is 52.3 Å². The molecular weight excluding hydrogens is 248 g/mol. The van der Waals surface area contributed by atoms with Crippen LogP contribution in [0.15, 0.2) is 46.7 Å². The summed E-state index contributed by atoms with van der Waals surface area (Å²) >= 11 is 1.54. The summed E-state index contributed by atoms with van der Waals surface area (Å²) in [5, 5.41) is 2.41. The third kappa shape index (κ3) is 2.79. The number of fused-ring (bicyclic) bond motifs is 1. The fourth-order valence-corrected chi connectivity index (χ4v) is 3.24. The lowest BCUT2D eigenvalue weighted by Crippen LogP contribution is -1.87. The van der Waals surface area contributed by atoms with Gasteiger partial charge in [0.15, 0.2) is 0 Å². The molecule has 17 heavy (non-hydrogen) atoms. The molecule has 2 aromatic carbocycles. The quantitative estimate of drug-likeness (QED) is 0.835. The molecule has 0 bridgehead atoms. The van der Waals surface area contributed by atoms with Gasteiger partial charge in [0, 0.05) is 6.26 Å². The number of hydrogen-bond acceptors (Lipinski definition) is 2. The van der Waals surface area contributed by atoms with Crippen LogP contribution < -0.4 is 0 Å². The molecule has 2 aromatic rings. The summed E-state index contributed by atoms with van der Waals surface area (Å²) in [4.78, 5) is 0. The van der Waals surface area contributed by atoms with Gasteiger partial charge in [0.25, 0.3) is 0 Å². The second kappa shape index (κ2) is 5.52. The molecule has 0 saturated carbocycles. The van der Waals surface area contributed by atoms with Crippen LogP contribution in [0.25, 0.3) is 16.8 Å². The first kappa shape index (κ1) is 12.4. The van der Waals surface area contributed by atoms with Gasteiger partial charge in [-0.15, -0.1) is 11.8 Å². The monoisotopic (exact) mass is 262 g/mol. The second-order valence-corrected chi connectivity index (χ2v) is 6.14. The van der Waals surface area contributed by atoms with E-state index in [-0.39, 0.29) is 0 Å². The average molecular weight is 262 g/mol. The lowest BCUT2D eigenvalue weighted by molar-refractivity contribution is 0.691. The fraction of sp³-hybridized carbons (Fsp3) is 0.143. The molecule has 3 heteroatoms. The van der Waals surface area contributed by atoms with E-state index in [1.807, 2.05) is 30.5 Å². The van der Waals surface area contributed by atoms with E-state index in [1.54, 1.807) is 18.0 Å². The molecule has 0 spiro atoms. The van der Waals surface area contributed by atoms with Crippen molar-refractivity contribution in [3.8, 4) is 0 Å². The highest BCUT2D eigenvalue weighted by atomic mass is 32.2. The Kier molecular flexibility index (Phi) is 4.02. The van der Waals surface area contributed by atoms with E-state index in [0.717, 1.165) is 9.80 Å². The molecule has 1 nitrogen and oxygen atoms in total. The van der Waals surface area contributed by atoms with Crippen molar-refractivity contribution in [1.82, 2.24) is 0 Å². The van der Waals surface area contributed by atoms with Gasteiger partial charge in [0.05, 0.1) is 15.0 Å². The predicted molar refractivity (Wildman–Crippen MR) is 79.5 cm³/mol. The maximum absolute atomic E-state index is 11.5. The number of thioether (sulfide) groups is 1. The third-order valence-corrected chi connectivity index (χ3v) is 4.99. The lowest BCUT2D eigenvalue weighted by atomic mass is 10.1. The van der Waals surface area contributed by atoms with E-state index >= 15 is 0 Å². The molecule has 0 aliphatic rings. The Bertz CT molecular complexity index is 582. The molecule has 0 fully saturated rings. The van der Waals surface area contributed by atoms with E-state index in [9.17, 15) is 4.21 Å². The van der Waals surface area contributed by atoms with Crippen molar-refractivity contribution in [2.45, 2.75) is 0 Å². The molecule has 0 heterocycles. The van der Waals surface area contributed by atoms with Crippen LogP contribution in [-0.2, 0) is 10.8 Å². The molecule has 0 saturated heterocycles. The minimum absolute atomic E-state index is 0.904. The predicted octanol–water partition coefficient (Wildman–Crippen LogP) is 3.88. The normalized spacial score (nSPS) is 13.9. The molecule has 0 aliphatic heterocycles. The first-order valence-electron chi connectivity index (χ1n) is 5.29. The van der Waals surface area contributed by atoms with Gasteiger partial charge in [0.2, 0.25) is 0 Å². The standard InChI is InChI=1S/C14H14OS2/c1-16-14(17(2)15)10-12-8-5-7-11-6-3-4-9-13(11)12/h3-10H,1-2H3/b14-10+. The van der Waals surface area contributed by atoms with E-state index < -0.39 is 10.8 Å². The lowest BCUT2D eigenvalue weighted by Gasteiger charge is -2.04. The summed E-state index contributed by atoms with van der Waals surface area (Å²) in [6, 6.07) is 14.4. The minimum atomic E-state index is -0.923. The van der Waals surface area contributed by atoms with Gasteiger partial charge >= 0.3 is 0 Å². The van der Waals surface area contributed by atoms with Crippen molar-refractivity contribution in [2.75, 3.05) is 12.5 Å². The van der Waals surface area contributed by atoms with Gasteiger partial charge in [-0.2, -0.15) is 0 Å². The molecular formula is C14H14OS2. The average Bonchev–Trinajstić information content (AvgIpc) is 2.35. The van der Waals surface area contributed by atoms with E-state index in [4.69, 9.17) is 0 Å². The van der Waals surface area contributed by atoms with Gasteiger partial charge in [-0.1, -0.05) is 42.5 Å². The SMILES string of the molecule is CS/C(=C\c1cccc2ccccc12)S(C)=O. The molecule has 1 unspecified atom stereocenters. The largest absolute Gasteiger partial charge is 0.254 e. The van der Waals surface area contributed by atoms with Crippen LogP contribution in [0.1, 0.15) is 5.56 Å². The summed E-state index contributed by atoms with van der Waals surface area (Å²) in [5.41, 5.74) is 1.13. The number of rotatable bonds is 3. The maximum atomic E-state index is 11.5. The Morgan fingerprint density at radius 2 is 1.88 bits per heavy atom. The maximum Gasteiger partial charge on any atom is 0.0716 e. The summed E-state index contributed by atoms with van der Waals surface area (Å²) in [6.07, 6.45) is 5.69. The van der Waals surface area contributed by atoms with Gasteiger partial charge in [-0.05, 0) is 28.7 Å². The van der Waals surface area contributed by atoms with Crippen molar-refractivity contribution in [1.29, 1.82) is 0 Å². The molecule has 0 amide bonds. The van der Waals surface area contributed by atoms with Gasteiger partial charge < -0.3 is 0 Å². The van der Waals surface area contributed by atoms with Gasteiger partial charge in [-0.3, -0.25) is 4.21 Å². The van der Waals surface area contributed by atoms with Crippen LogP contribution in [0, 0.1) is 0 Å². The molecule has 0 aliphatic carbocycles. The van der Waals surface area contributed by atoms with Crippen molar-refractivity contribution < 1.29 is 4.21 Å². The Balaban J connectivity index is 2.59. The fourth-order valence-electron chi connectivity index (χ4n) is 1.76. The topological polar surface area (TPSA) is 17.1 Å². The summed E-state index contributed by atoms with van der Waals surface area (Å²) in [7, 11) is -0.923. The van der Waals surface area contributed by atoms with Crippen LogP contribution in [0.4, 0.5) is 0 Å². The minimum Gasteiger partial charge on any atom is -0.254 e. The molecule has 0 aromatic heterocycles. The highest BCUT2D eigenvalue weighted by Gasteiger charge is 2.03. The number of hydrogen-bond donors (Lipinski definition) is 0. The zero-order chi connectivity index (χ0) is 12.3. The van der Waals surface area contributed by atoms with E-state index in [1.165, 1.54) is 10.8 Å². The third-order valence-electron chi connectivity index (χ3n) is 2.58. The Morgan fingerprint density at radius 1 is 1.18 bits per heavy atom. The smallest absolute Gasteiger partial charge is 0.0716 e. The summed E-state index contributed by atoms with van der Waals surface area (Å²) in [5.74, 6) is 0. The van der Waals surface area contributed by atoms with Gasteiger partial charge in [-0.25, -0.2) is 0 Å². The first-order valence-corrected chi connectivity index (χ1v) is 8.07. The van der Waals surface area contributed by atoms with E-state index in [0.29, 0.717) is 0 Å². The van der Waals surface area contributed by atoms with Crippen LogP contribution in [0.5, 0.6) is 0 Å². The highest BCUT2D eigenvalue weighted by Crippen LogP contribution is 2.24. The van der Waals surface area contributed by atoms with Crippen LogP contribution in [0.3, 0.4) is 0 Å². The Hall–Kier alpha value is -1.06. The van der Waals surface area contributed by atoms with Crippen molar-refractivity contribution in [3.63, 3.8) is 0 Å². The number of benzene rings is 2. The zero-order valence-corrected chi connectivity index (χ0v) is 11.5. The summed E-state index contributed by atoms with van der Waals surface area (Å²) in [6.45, 7) is 0. The van der Waals surface area contributed by atoms with Crippen LogP contribution >= 0.6 is 11.8 Å². The Morgan fingerprint density at radius 3 is 2.59 bits per heavy atom. The molecule has 0 N–H and O–H groups in total. The van der Waals surface area contributed by atoms with Crippen molar-refractivity contribution >= 4 is 39.4 Å². The molecule has 88 valence electrons.